The first-order valence-electron chi connectivity index (χ1n) is 10.8. The van der Waals surface area contributed by atoms with Crippen LogP contribution in [-0.4, -0.2) is 57.1 Å². The highest BCUT2D eigenvalue weighted by Crippen LogP contribution is 2.34. The number of fused-ring (bicyclic) bond motifs is 2. The van der Waals surface area contributed by atoms with Gasteiger partial charge in [-0.2, -0.15) is 0 Å². The number of amides is 2. The van der Waals surface area contributed by atoms with Crippen molar-refractivity contribution in [3.63, 3.8) is 0 Å². The molecular weight excluding hydrogens is 394 g/mol. The maximum absolute atomic E-state index is 13.0. The maximum atomic E-state index is 13.0. The third-order valence-electron chi connectivity index (χ3n) is 6.10. The van der Waals surface area contributed by atoms with Crippen LogP contribution >= 0.6 is 0 Å². The molecule has 31 heavy (non-hydrogen) atoms. The predicted molar refractivity (Wildman–Crippen MR) is 115 cm³/mol. The molecular formula is C23H25N5O3. The van der Waals surface area contributed by atoms with Crippen molar-refractivity contribution in [3.8, 4) is 5.75 Å². The Hall–Kier alpha value is -3.42. The fourth-order valence-corrected chi connectivity index (χ4v) is 4.51. The van der Waals surface area contributed by atoms with Gasteiger partial charge in [0.2, 0.25) is 5.91 Å². The van der Waals surface area contributed by atoms with Crippen molar-refractivity contribution in [1.82, 2.24) is 19.5 Å². The van der Waals surface area contributed by atoms with Gasteiger partial charge in [0.25, 0.3) is 5.91 Å². The normalized spacial score (nSPS) is 21.1. The molecule has 5 rings (SSSR count). The van der Waals surface area contributed by atoms with Crippen molar-refractivity contribution < 1.29 is 14.3 Å². The third-order valence-corrected chi connectivity index (χ3v) is 6.10. The fraction of sp³-hybridized carbons (Fsp3) is 0.391. The maximum Gasteiger partial charge on any atom is 0.267 e. The van der Waals surface area contributed by atoms with Crippen molar-refractivity contribution in [1.29, 1.82) is 0 Å². The fourth-order valence-electron chi connectivity index (χ4n) is 4.51. The number of rotatable bonds is 4. The van der Waals surface area contributed by atoms with Gasteiger partial charge < -0.3 is 14.5 Å². The number of para-hydroxylation sites is 2. The van der Waals surface area contributed by atoms with Crippen LogP contribution in [0, 0.1) is 0 Å². The molecule has 2 unspecified atom stereocenters. The van der Waals surface area contributed by atoms with Crippen LogP contribution in [0.2, 0.25) is 0 Å². The van der Waals surface area contributed by atoms with E-state index in [-0.39, 0.29) is 24.2 Å². The van der Waals surface area contributed by atoms with E-state index in [0.717, 1.165) is 36.5 Å². The van der Waals surface area contributed by atoms with E-state index < -0.39 is 6.10 Å². The number of carbonyl (C=O) groups excluding carboxylic acids is 2. The van der Waals surface area contributed by atoms with Gasteiger partial charge in [0.05, 0.1) is 5.69 Å². The molecule has 1 saturated heterocycles. The quantitative estimate of drug-likeness (QED) is 0.650. The van der Waals surface area contributed by atoms with E-state index in [4.69, 9.17) is 4.74 Å². The van der Waals surface area contributed by atoms with Crippen LogP contribution < -0.4 is 9.64 Å². The molecule has 160 valence electrons. The number of nitrogens with zero attached hydrogens (tertiary/aromatic N) is 5. The van der Waals surface area contributed by atoms with Gasteiger partial charge in [-0.1, -0.05) is 18.2 Å². The predicted octanol–water partition coefficient (Wildman–Crippen LogP) is 2.64. The number of pyridine rings is 1. The molecule has 2 atom stereocenters. The summed E-state index contributed by atoms with van der Waals surface area (Å²) in [5.74, 6) is 1.68. The minimum atomic E-state index is -0.550. The highest BCUT2D eigenvalue weighted by atomic mass is 16.5. The van der Waals surface area contributed by atoms with Crippen molar-refractivity contribution in [3.05, 3.63) is 54.5 Å². The molecule has 2 aliphatic rings. The summed E-state index contributed by atoms with van der Waals surface area (Å²) in [7, 11) is 0. The van der Waals surface area contributed by atoms with Gasteiger partial charge >= 0.3 is 0 Å². The van der Waals surface area contributed by atoms with E-state index >= 15 is 0 Å². The van der Waals surface area contributed by atoms with Crippen molar-refractivity contribution in [2.24, 2.45) is 0 Å². The largest absolute Gasteiger partial charge is 0.479 e. The zero-order valence-electron chi connectivity index (χ0n) is 17.5. The zero-order valence-corrected chi connectivity index (χ0v) is 17.5. The van der Waals surface area contributed by atoms with Gasteiger partial charge in [-0.05, 0) is 44.0 Å². The Morgan fingerprint density at radius 3 is 2.90 bits per heavy atom. The van der Waals surface area contributed by atoms with Crippen molar-refractivity contribution in [2.75, 3.05) is 24.5 Å². The van der Waals surface area contributed by atoms with Gasteiger partial charge in [0.15, 0.2) is 11.8 Å². The standard InChI is InChI=1S/C23H25N5O3/c1-16-23(30)27(18-8-2-3-9-19(18)31-16)14-11-21(29)26-12-6-7-17(15-26)22-25-24-20-10-4-5-13-28(20)22/h2-5,8-10,13,16-17H,6-7,11-12,14-15H2,1H3. The molecule has 1 aromatic carbocycles. The minimum absolute atomic E-state index is 0.0583. The lowest BCUT2D eigenvalue weighted by Gasteiger charge is -2.35. The topological polar surface area (TPSA) is 80.0 Å². The summed E-state index contributed by atoms with van der Waals surface area (Å²) in [6.45, 7) is 3.44. The summed E-state index contributed by atoms with van der Waals surface area (Å²) in [6.07, 6.45) is 3.60. The SMILES string of the molecule is CC1Oc2ccccc2N(CCC(=O)N2CCCC(c3nnc4ccccn34)C2)C1=O. The molecule has 0 spiro atoms. The minimum Gasteiger partial charge on any atom is -0.479 e. The number of hydrogen-bond acceptors (Lipinski definition) is 5. The molecule has 2 amide bonds. The Bertz CT molecular complexity index is 1130. The van der Waals surface area contributed by atoms with Crippen molar-refractivity contribution in [2.45, 2.75) is 38.2 Å². The number of benzene rings is 1. The van der Waals surface area contributed by atoms with Crippen LogP contribution in [0.4, 0.5) is 5.69 Å². The monoisotopic (exact) mass is 419 g/mol. The Kier molecular flexibility index (Phi) is 5.05. The third kappa shape index (κ3) is 3.62. The molecule has 3 aromatic rings. The second-order valence-corrected chi connectivity index (χ2v) is 8.13. The number of ether oxygens (including phenoxy) is 1. The first-order valence-corrected chi connectivity index (χ1v) is 10.8. The Labute approximate surface area is 180 Å². The summed E-state index contributed by atoms with van der Waals surface area (Å²) in [5.41, 5.74) is 1.55. The Balaban J connectivity index is 1.27. The van der Waals surface area contributed by atoms with Crippen molar-refractivity contribution >= 4 is 23.1 Å². The highest BCUT2D eigenvalue weighted by Gasteiger charge is 2.33. The second kappa shape index (κ2) is 8.02. The lowest BCUT2D eigenvalue weighted by Crippen LogP contribution is -2.46. The van der Waals surface area contributed by atoms with E-state index in [1.165, 1.54) is 0 Å². The van der Waals surface area contributed by atoms with Crippen LogP contribution in [0.1, 0.15) is 37.9 Å². The van der Waals surface area contributed by atoms with Gasteiger partial charge in [0.1, 0.15) is 11.6 Å². The van der Waals surface area contributed by atoms with Gasteiger partial charge in [-0.3, -0.25) is 14.0 Å². The van der Waals surface area contributed by atoms with Crippen LogP contribution in [-0.2, 0) is 9.59 Å². The molecule has 8 nitrogen and oxygen atoms in total. The smallest absolute Gasteiger partial charge is 0.267 e. The average Bonchev–Trinajstić information content (AvgIpc) is 3.23. The summed E-state index contributed by atoms with van der Waals surface area (Å²) >= 11 is 0. The first kappa shape index (κ1) is 19.5. The number of anilines is 1. The molecule has 1 fully saturated rings. The molecule has 0 radical (unpaired) electrons. The Morgan fingerprint density at radius 2 is 2.00 bits per heavy atom. The van der Waals surface area contributed by atoms with Crippen LogP contribution in [0.5, 0.6) is 5.75 Å². The summed E-state index contributed by atoms with van der Waals surface area (Å²) < 4.78 is 7.69. The molecule has 0 aliphatic carbocycles. The van der Waals surface area contributed by atoms with Gasteiger partial charge in [0, 0.05) is 38.2 Å². The van der Waals surface area contributed by atoms with Crippen LogP contribution in [0.3, 0.4) is 0 Å². The number of hydrogen-bond donors (Lipinski definition) is 0. The Morgan fingerprint density at radius 1 is 1.16 bits per heavy atom. The van der Waals surface area contributed by atoms with E-state index in [0.29, 0.717) is 18.8 Å². The first-order chi connectivity index (χ1) is 15.1. The van der Waals surface area contributed by atoms with E-state index in [9.17, 15) is 9.59 Å². The lowest BCUT2D eigenvalue weighted by molar-refractivity contribution is -0.132. The lowest BCUT2D eigenvalue weighted by atomic mass is 9.97. The number of piperidine rings is 1. The molecule has 0 saturated carbocycles. The van der Waals surface area contributed by atoms with Crippen LogP contribution in [0.25, 0.3) is 5.65 Å². The number of carbonyl (C=O) groups is 2. The number of likely N-dealkylation sites (tertiary alicyclic amines) is 1. The van der Waals surface area contributed by atoms with E-state index in [2.05, 4.69) is 10.2 Å². The molecule has 2 aromatic heterocycles. The summed E-state index contributed by atoms with van der Waals surface area (Å²) in [4.78, 5) is 29.3. The number of aromatic nitrogens is 3. The second-order valence-electron chi connectivity index (χ2n) is 8.13. The summed E-state index contributed by atoms with van der Waals surface area (Å²) in [6, 6.07) is 13.3. The van der Waals surface area contributed by atoms with E-state index in [1.807, 2.05) is 58.0 Å². The molecule has 8 heteroatoms. The van der Waals surface area contributed by atoms with Gasteiger partial charge in [-0.15, -0.1) is 10.2 Å². The molecule has 0 bridgehead atoms. The highest BCUT2D eigenvalue weighted by molar-refractivity contribution is 6.00. The zero-order chi connectivity index (χ0) is 21.4. The average molecular weight is 419 g/mol. The molecule has 2 aliphatic heterocycles. The van der Waals surface area contributed by atoms with Crippen LogP contribution in [0.15, 0.2) is 48.7 Å². The molecule has 0 N–H and O–H groups in total. The van der Waals surface area contributed by atoms with E-state index in [1.54, 1.807) is 11.8 Å². The molecule has 4 heterocycles. The van der Waals surface area contributed by atoms with Gasteiger partial charge in [-0.25, -0.2) is 0 Å². The summed E-state index contributed by atoms with van der Waals surface area (Å²) in [5, 5.41) is 8.64.